The Balaban J connectivity index is 1.97. The topological polar surface area (TPSA) is 50.9 Å². The van der Waals surface area contributed by atoms with Gasteiger partial charge in [-0.25, -0.2) is 4.99 Å². The van der Waals surface area contributed by atoms with Crippen molar-refractivity contribution in [3.05, 3.63) is 29.3 Å². The molecule has 0 unspecified atom stereocenters. The summed E-state index contributed by atoms with van der Waals surface area (Å²) >= 11 is 0. The molecule has 1 heterocycles. The third-order valence-corrected chi connectivity index (χ3v) is 3.64. The summed E-state index contributed by atoms with van der Waals surface area (Å²) in [5.41, 5.74) is 8.38. The number of aliphatic imine (C=N–C) groups is 1. The summed E-state index contributed by atoms with van der Waals surface area (Å²) < 4.78 is 5.54. The number of nitrogens with two attached hydrogens (primary N) is 1. The fraction of sp³-hybridized carbons (Fsp3) is 0.562. The van der Waals surface area contributed by atoms with Crippen molar-refractivity contribution >= 4 is 5.96 Å². The SMILES string of the molecule is CCOc1ccc(CN=C(N)N2CCCCC2)cc1C. The van der Waals surface area contributed by atoms with Gasteiger partial charge in [0.1, 0.15) is 5.75 Å². The summed E-state index contributed by atoms with van der Waals surface area (Å²) in [6.07, 6.45) is 3.75. The van der Waals surface area contributed by atoms with Crippen molar-refractivity contribution in [2.75, 3.05) is 19.7 Å². The predicted octanol–water partition coefficient (Wildman–Crippen LogP) is 2.69. The summed E-state index contributed by atoms with van der Waals surface area (Å²) in [6, 6.07) is 6.20. The second-order valence-electron chi connectivity index (χ2n) is 5.25. The maximum Gasteiger partial charge on any atom is 0.191 e. The van der Waals surface area contributed by atoms with Crippen LogP contribution in [0.25, 0.3) is 0 Å². The lowest BCUT2D eigenvalue weighted by molar-refractivity contribution is 0.337. The van der Waals surface area contributed by atoms with Crippen LogP contribution in [0.2, 0.25) is 0 Å². The van der Waals surface area contributed by atoms with Gasteiger partial charge in [-0.3, -0.25) is 0 Å². The summed E-state index contributed by atoms with van der Waals surface area (Å²) in [4.78, 5) is 6.70. The van der Waals surface area contributed by atoms with Gasteiger partial charge in [-0.15, -0.1) is 0 Å². The third kappa shape index (κ3) is 3.89. The molecule has 2 rings (SSSR count). The van der Waals surface area contributed by atoms with Crippen LogP contribution in [-0.2, 0) is 6.54 Å². The second-order valence-corrected chi connectivity index (χ2v) is 5.25. The van der Waals surface area contributed by atoms with Crippen LogP contribution in [0.3, 0.4) is 0 Å². The molecular formula is C16H25N3O. The largest absolute Gasteiger partial charge is 0.494 e. The maximum absolute atomic E-state index is 6.06. The first kappa shape index (κ1) is 14.7. The standard InChI is InChI=1S/C16H25N3O/c1-3-20-15-8-7-14(11-13(15)2)12-18-16(17)19-9-5-4-6-10-19/h7-8,11H,3-6,9-10,12H2,1-2H3,(H2,17,18). The van der Waals surface area contributed by atoms with E-state index in [4.69, 9.17) is 10.5 Å². The van der Waals surface area contributed by atoms with Gasteiger partial charge in [0.15, 0.2) is 5.96 Å². The average Bonchev–Trinajstić information content (AvgIpc) is 2.48. The number of piperidine rings is 1. The third-order valence-electron chi connectivity index (χ3n) is 3.64. The van der Waals surface area contributed by atoms with E-state index < -0.39 is 0 Å². The molecule has 0 spiro atoms. The van der Waals surface area contributed by atoms with Gasteiger partial charge in [0.05, 0.1) is 13.2 Å². The Kier molecular flexibility index (Phi) is 5.27. The molecule has 0 aromatic heterocycles. The Labute approximate surface area is 121 Å². The Hall–Kier alpha value is -1.71. The Morgan fingerprint density at radius 2 is 2.05 bits per heavy atom. The molecule has 0 bridgehead atoms. The van der Waals surface area contributed by atoms with Crippen molar-refractivity contribution < 1.29 is 4.74 Å². The molecule has 1 aromatic rings. The molecule has 0 radical (unpaired) electrons. The van der Waals surface area contributed by atoms with Crippen molar-refractivity contribution in [3.8, 4) is 5.75 Å². The van der Waals surface area contributed by atoms with Crippen LogP contribution in [0.5, 0.6) is 5.75 Å². The molecule has 1 fully saturated rings. The van der Waals surface area contributed by atoms with Gasteiger partial charge in [-0.05, 0) is 50.3 Å². The van der Waals surface area contributed by atoms with E-state index >= 15 is 0 Å². The number of hydrogen-bond acceptors (Lipinski definition) is 2. The first-order valence-electron chi connectivity index (χ1n) is 7.48. The Morgan fingerprint density at radius 1 is 1.30 bits per heavy atom. The average molecular weight is 275 g/mol. The molecular weight excluding hydrogens is 250 g/mol. The zero-order valence-corrected chi connectivity index (χ0v) is 12.6. The molecule has 1 aromatic carbocycles. The van der Waals surface area contributed by atoms with Gasteiger partial charge in [-0.2, -0.15) is 0 Å². The van der Waals surface area contributed by atoms with Gasteiger partial charge in [0.25, 0.3) is 0 Å². The fourth-order valence-corrected chi connectivity index (χ4v) is 2.52. The van der Waals surface area contributed by atoms with Gasteiger partial charge >= 0.3 is 0 Å². The minimum atomic E-state index is 0.635. The van der Waals surface area contributed by atoms with Crippen LogP contribution >= 0.6 is 0 Å². The fourth-order valence-electron chi connectivity index (χ4n) is 2.52. The van der Waals surface area contributed by atoms with E-state index in [0.29, 0.717) is 19.1 Å². The molecule has 20 heavy (non-hydrogen) atoms. The summed E-state index contributed by atoms with van der Waals surface area (Å²) in [6.45, 7) is 7.47. The first-order valence-corrected chi connectivity index (χ1v) is 7.48. The second kappa shape index (κ2) is 7.17. The molecule has 0 atom stereocenters. The first-order chi connectivity index (χ1) is 9.70. The maximum atomic E-state index is 6.06. The van der Waals surface area contributed by atoms with E-state index in [1.54, 1.807) is 0 Å². The molecule has 4 heteroatoms. The minimum Gasteiger partial charge on any atom is -0.494 e. The molecule has 110 valence electrons. The van der Waals surface area contributed by atoms with E-state index in [1.807, 2.05) is 13.0 Å². The zero-order chi connectivity index (χ0) is 14.4. The minimum absolute atomic E-state index is 0.635. The highest BCUT2D eigenvalue weighted by atomic mass is 16.5. The van der Waals surface area contributed by atoms with E-state index in [1.165, 1.54) is 24.8 Å². The number of benzene rings is 1. The quantitative estimate of drug-likeness (QED) is 0.679. The number of aryl methyl sites for hydroxylation is 1. The summed E-state index contributed by atoms with van der Waals surface area (Å²) in [5, 5.41) is 0. The Bertz CT molecular complexity index is 465. The van der Waals surface area contributed by atoms with Crippen molar-refractivity contribution in [1.29, 1.82) is 0 Å². The van der Waals surface area contributed by atoms with Crippen LogP contribution in [0.1, 0.15) is 37.3 Å². The predicted molar refractivity (Wildman–Crippen MR) is 83.1 cm³/mol. The summed E-state index contributed by atoms with van der Waals surface area (Å²) in [7, 11) is 0. The molecule has 0 amide bonds. The molecule has 0 aliphatic carbocycles. The highest BCUT2D eigenvalue weighted by Gasteiger charge is 2.11. The van der Waals surface area contributed by atoms with Crippen LogP contribution in [0, 0.1) is 6.92 Å². The van der Waals surface area contributed by atoms with Gasteiger partial charge in [0.2, 0.25) is 0 Å². The number of guanidine groups is 1. The van der Waals surface area contributed by atoms with Gasteiger partial charge in [0, 0.05) is 13.1 Å². The number of rotatable bonds is 4. The van der Waals surface area contributed by atoms with Crippen LogP contribution < -0.4 is 10.5 Å². The number of likely N-dealkylation sites (tertiary alicyclic amines) is 1. The summed E-state index contributed by atoms with van der Waals surface area (Å²) in [5.74, 6) is 1.63. The lowest BCUT2D eigenvalue weighted by atomic mass is 10.1. The molecule has 2 N–H and O–H groups in total. The van der Waals surface area contributed by atoms with Crippen molar-refractivity contribution in [1.82, 2.24) is 4.90 Å². The molecule has 0 saturated carbocycles. The lowest BCUT2D eigenvalue weighted by Gasteiger charge is -2.27. The molecule has 1 aliphatic heterocycles. The van der Waals surface area contributed by atoms with Crippen LogP contribution in [0.4, 0.5) is 0 Å². The number of nitrogens with zero attached hydrogens (tertiary/aromatic N) is 2. The van der Waals surface area contributed by atoms with E-state index in [-0.39, 0.29) is 0 Å². The monoisotopic (exact) mass is 275 g/mol. The number of hydrogen-bond donors (Lipinski definition) is 1. The van der Waals surface area contributed by atoms with Crippen LogP contribution in [0.15, 0.2) is 23.2 Å². The van der Waals surface area contributed by atoms with E-state index in [0.717, 1.165) is 24.4 Å². The lowest BCUT2D eigenvalue weighted by Crippen LogP contribution is -2.40. The van der Waals surface area contributed by atoms with Crippen molar-refractivity contribution in [2.45, 2.75) is 39.7 Å². The highest BCUT2D eigenvalue weighted by Crippen LogP contribution is 2.19. The smallest absolute Gasteiger partial charge is 0.191 e. The highest BCUT2D eigenvalue weighted by molar-refractivity contribution is 5.78. The number of ether oxygens (including phenoxy) is 1. The van der Waals surface area contributed by atoms with Crippen molar-refractivity contribution in [2.24, 2.45) is 10.7 Å². The van der Waals surface area contributed by atoms with Gasteiger partial charge in [-0.1, -0.05) is 12.1 Å². The normalized spacial score (nSPS) is 16.3. The van der Waals surface area contributed by atoms with E-state index in [2.05, 4.69) is 28.9 Å². The van der Waals surface area contributed by atoms with Crippen LogP contribution in [-0.4, -0.2) is 30.6 Å². The molecule has 1 saturated heterocycles. The molecule has 4 nitrogen and oxygen atoms in total. The van der Waals surface area contributed by atoms with E-state index in [9.17, 15) is 0 Å². The van der Waals surface area contributed by atoms with Crippen molar-refractivity contribution in [3.63, 3.8) is 0 Å². The zero-order valence-electron chi connectivity index (χ0n) is 12.6. The van der Waals surface area contributed by atoms with Gasteiger partial charge < -0.3 is 15.4 Å². The Morgan fingerprint density at radius 3 is 2.70 bits per heavy atom. The molecule has 1 aliphatic rings.